The van der Waals surface area contributed by atoms with Gasteiger partial charge in [0, 0.05) is 30.5 Å². The van der Waals surface area contributed by atoms with Crippen LogP contribution in [0.5, 0.6) is 0 Å². The van der Waals surface area contributed by atoms with Crippen LogP contribution in [0, 0.1) is 0 Å². The Bertz CT molecular complexity index is 544. The second-order valence-corrected chi connectivity index (χ2v) is 4.43. The number of anilines is 2. The lowest BCUT2D eigenvalue weighted by Crippen LogP contribution is -2.00. The molecule has 0 aliphatic heterocycles. The van der Waals surface area contributed by atoms with E-state index in [1.165, 1.54) is 5.56 Å². The zero-order chi connectivity index (χ0) is 13.7. The molecular weight excluding hydrogens is 236 g/mol. The van der Waals surface area contributed by atoms with Gasteiger partial charge < -0.3 is 10.6 Å². The molecule has 19 heavy (non-hydrogen) atoms. The van der Waals surface area contributed by atoms with E-state index >= 15 is 0 Å². The molecule has 0 aliphatic rings. The summed E-state index contributed by atoms with van der Waals surface area (Å²) in [5, 5.41) is 6.43. The largest absolute Gasteiger partial charge is 0.388 e. The molecule has 0 aromatic heterocycles. The van der Waals surface area contributed by atoms with Crippen LogP contribution in [-0.4, -0.2) is 12.8 Å². The number of carbonyl (C=O) groups excluding carboxylic acids is 1. The van der Waals surface area contributed by atoms with Crippen LogP contribution < -0.4 is 10.6 Å². The van der Waals surface area contributed by atoms with E-state index in [2.05, 4.69) is 34.9 Å². The molecule has 2 rings (SSSR count). The molecular formula is C16H18N2O. The van der Waals surface area contributed by atoms with Crippen molar-refractivity contribution in [3.63, 3.8) is 0 Å². The van der Waals surface area contributed by atoms with E-state index in [1.54, 1.807) is 6.92 Å². The zero-order valence-corrected chi connectivity index (χ0v) is 11.2. The van der Waals surface area contributed by atoms with Crippen molar-refractivity contribution >= 4 is 17.2 Å². The van der Waals surface area contributed by atoms with E-state index in [0.717, 1.165) is 23.5 Å². The summed E-state index contributed by atoms with van der Waals surface area (Å²) in [7, 11) is 1.91. The number of rotatable bonds is 5. The lowest BCUT2D eigenvalue weighted by molar-refractivity contribution is 0.101. The minimum Gasteiger partial charge on any atom is -0.388 e. The lowest BCUT2D eigenvalue weighted by Gasteiger charge is -2.08. The smallest absolute Gasteiger partial charge is 0.159 e. The van der Waals surface area contributed by atoms with Crippen LogP contribution in [0.4, 0.5) is 11.4 Å². The topological polar surface area (TPSA) is 41.1 Å². The van der Waals surface area contributed by atoms with E-state index in [9.17, 15) is 4.79 Å². The Morgan fingerprint density at radius 3 is 2.05 bits per heavy atom. The van der Waals surface area contributed by atoms with Crippen LogP contribution >= 0.6 is 0 Å². The van der Waals surface area contributed by atoms with Crippen molar-refractivity contribution < 1.29 is 4.79 Å². The van der Waals surface area contributed by atoms with Gasteiger partial charge in [-0.2, -0.15) is 0 Å². The van der Waals surface area contributed by atoms with Gasteiger partial charge in [0.2, 0.25) is 0 Å². The number of nitrogens with one attached hydrogen (secondary N) is 2. The van der Waals surface area contributed by atoms with Gasteiger partial charge in [0.05, 0.1) is 0 Å². The molecule has 0 bridgehead atoms. The Kier molecular flexibility index (Phi) is 4.18. The van der Waals surface area contributed by atoms with Gasteiger partial charge >= 0.3 is 0 Å². The SMILES string of the molecule is CNc1ccc(CNc2ccc(C(C)=O)cc2)cc1. The van der Waals surface area contributed by atoms with Crippen molar-refractivity contribution in [2.24, 2.45) is 0 Å². The van der Waals surface area contributed by atoms with Gasteiger partial charge in [-0.25, -0.2) is 0 Å². The molecule has 0 atom stereocenters. The van der Waals surface area contributed by atoms with Crippen LogP contribution in [0.15, 0.2) is 48.5 Å². The Balaban J connectivity index is 1.95. The van der Waals surface area contributed by atoms with Crippen LogP contribution in [0.1, 0.15) is 22.8 Å². The van der Waals surface area contributed by atoms with Crippen LogP contribution in [0.2, 0.25) is 0 Å². The second-order valence-electron chi connectivity index (χ2n) is 4.43. The summed E-state index contributed by atoms with van der Waals surface area (Å²) in [5.41, 5.74) is 4.08. The number of ketones is 1. The van der Waals surface area contributed by atoms with E-state index in [-0.39, 0.29) is 5.78 Å². The van der Waals surface area contributed by atoms with Gasteiger partial charge in [-0.3, -0.25) is 4.79 Å². The molecule has 0 spiro atoms. The van der Waals surface area contributed by atoms with Crippen molar-refractivity contribution in [3.05, 3.63) is 59.7 Å². The Morgan fingerprint density at radius 2 is 1.53 bits per heavy atom. The highest BCUT2D eigenvalue weighted by Gasteiger charge is 1.99. The molecule has 2 aromatic carbocycles. The highest BCUT2D eigenvalue weighted by molar-refractivity contribution is 5.94. The van der Waals surface area contributed by atoms with Crippen LogP contribution in [-0.2, 0) is 6.54 Å². The van der Waals surface area contributed by atoms with Crippen molar-refractivity contribution in [1.29, 1.82) is 0 Å². The predicted molar refractivity (Wildman–Crippen MR) is 79.8 cm³/mol. The zero-order valence-electron chi connectivity index (χ0n) is 11.2. The average Bonchev–Trinajstić information content (AvgIpc) is 2.46. The van der Waals surface area contributed by atoms with Gasteiger partial charge in [-0.1, -0.05) is 12.1 Å². The van der Waals surface area contributed by atoms with Gasteiger partial charge in [-0.05, 0) is 48.9 Å². The number of Topliss-reactive ketones (excluding diaryl/α,β-unsaturated/α-hetero) is 1. The fourth-order valence-corrected chi connectivity index (χ4v) is 1.82. The number of benzene rings is 2. The molecule has 2 aromatic rings. The second kappa shape index (κ2) is 6.05. The standard InChI is InChI=1S/C16H18N2O/c1-12(19)14-5-9-16(10-6-14)18-11-13-3-7-15(17-2)8-4-13/h3-10,17-18H,11H2,1-2H3. The molecule has 2 N–H and O–H groups in total. The third-order valence-corrected chi connectivity index (χ3v) is 3.03. The lowest BCUT2D eigenvalue weighted by atomic mass is 10.1. The van der Waals surface area contributed by atoms with Crippen LogP contribution in [0.3, 0.4) is 0 Å². The molecule has 0 fully saturated rings. The molecule has 0 saturated carbocycles. The molecule has 0 heterocycles. The monoisotopic (exact) mass is 254 g/mol. The van der Waals surface area contributed by atoms with E-state index < -0.39 is 0 Å². The quantitative estimate of drug-likeness (QED) is 0.802. The average molecular weight is 254 g/mol. The summed E-state index contributed by atoms with van der Waals surface area (Å²) in [6, 6.07) is 15.8. The highest BCUT2D eigenvalue weighted by Crippen LogP contribution is 2.13. The van der Waals surface area contributed by atoms with Crippen molar-refractivity contribution in [3.8, 4) is 0 Å². The first-order chi connectivity index (χ1) is 9.19. The summed E-state index contributed by atoms with van der Waals surface area (Å²) in [6.07, 6.45) is 0. The summed E-state index contributed by atoms with van der Waals surface area (Å²) in [4.78, 5) is 11.2. The molecule has 0 unspecified atom stereocenters. The Hall–Kier alpha value is -2.29. The molecule has 0 aliphatic carbocycles. The summed E-state index contributed by atoms with van der Waals surface area (Å²) in [5.74, 6) is 0.0919. The van der Waals surface area contributed by atoms with E-state index in [4.69, 9.17) is 0 Å². The minimum absolute atomic E-state index is 0.0919. The first-order valence-electron chi connectivity index (χ1n) is 6.30. The Labute approximate surface area is 113 Å². The predicted octanol–water partition coefficient (Wildman–Crippen LogP) is 3.54. The Morgan fingerprint density at radius 1 is 0.947 bits per heavy atom. The van der Waals surface area contributed by atoms with Crippen LogP contribution in [0.25, 0.3) is 0 Å². The molecule has 3 nitrogen and oxygen atoms in total. The maximum Gasteiger partial charge on any atom is 0.159 e. The first kappa shape index (κ1) is 13.1. The fraction of sp³-hybridized carbons (Fsp3) is 0.188. The van der Waals surface area contributed by atoms with Gasteiger partial charge in [-0.15, -0.1) is 0 Å². The van der Waals surface area contributed by atoms with E-state index in [0.29, 0.717) is 0 Å². The number of carbonyl (C=O) groups is 1. The third kappa shape index (κ3) is 3.58. The third-order valence-electron chi connectivity index (χ3n) is 3.03. The van der Waals surface area contributed by atoms with Gasteiger partial charge in [0.1, 0.15) is 0 Å². The summed E-state index contributed by atoms with van der Waals surface area (Å²) >= 11 is 0. The van der Waals surface area contributed by atoms with E-state index in [1.807, 2.05) is 31.3 Å². The molecule has 0 radical (unpaired) electrons. The molecule has 98 valence electrons. The van der Waals surface area contributed by atoms with Gasteiger partial charge in [0.25, 0.3) is 0 Å². The maximum atomic E-state index is 11.2. The van der Waals surface area contributed by atoms with Crippen molar-refractivity contribution in [2.45, 2.75) is 13.5 Å². The number of hydrogen-bond donors (Lipinski definition) is 2. The number of hydrogen-bond acceptors (Lipinski definition) is 3. The van der Waals surface area contributed by atoms with Crippen molar-refractivity contribution in [2.75, 3.05) is 17.7 Å². The summed E-state index contributed by atoms with van der Waals surface area (Å²) < 4.78 is 0. The fourth-order valence-electron chi connectivity index (χ4n) is 1.82. The minimum atomic E-state index is 0.0919. The van der Waals surface area contributed by atoms with Crippen molar-refractivity contribution in [1.82, 2.24) is 0 Å². The van der Waals surface area contributed by atoms with Gasteiger partial charge in [0.15, 0.2) is 5.78 Å². The normalized spacial score (nSPS) is 10.0. The highest BCUT2D eigenvalue weighted by atomic mass is 16.1. The molecule has 0 amide bonds. The molecule has 3 heteroatoms. The molecule has 0 saturated heterocycles. The summed E-state index contributed by atoms with van der Waals surface area (Å²) in [6.45, 7) is 2.34. The first-order valence-corrected chi connectivity index (χ1v) is 6.30. The maximum absolute atomic E-state index is 11.2.